The van der Waals surface area contributed by atoms with Gasteiger partial charge in [0.1, 0.15) is 4.88 Å². The number of rotatable bonds is 11. The van der Waals surface area contributed by atoms with Gasteiger partial charge >= 0.3 is 11.9 Å². The Balaban J connectivity index is 1.96. The van der Waals surface area contributed by atoms with Gasteiger partial charge in [-0.25, -0.2) is 4.79 Å². The van der Waals surface area contributed by atoms with E-state index in [-0.39, 0.29) is 17.3 Å². The zero-order valence-corrected chi connectivity index (χ0v) is 17.6. The number of aromatic carboxylic acids is 1. The van der Waals surface area contributed by atoms with Crippen molar-refractivity contribution in [1.82, 2.24) is 4.90 Å². The standard InChI is InChI=1S/C21H29F2NO4S/c1-3-4-6-14(2)17(25)10-8-15-13-21(22,23)20(28)24(15)12-5-7-16-9-11-18(29-16)19(26)27/h8-11,14-15,17,25H,3-7,12-13H2,1-2H3,(H,26,27)/t14-,15-,17-/m0/s1. The minimum absolute atomic E-state index is 0.0273. The zero-order valence-electron chi connectivity index (χ0n) is 16.8. The van der Waals surface area contributed by atoms with Gasteiger partial charge in [0.05, 0.1) is 12.1 Å². The molecule has 2 rings (SSSR count). The monoisotopic (exact) mass is 429 g/mol. The first-order chi connectivity index (χ1) is 13.7. The Bertz CT molecular complexity index is 734. The van der Waals surface area contributed by atoms with Gasteiger partial charge in [-0.1, -0.05) is 38.8 Å². The lowest BCUT2D eigenvalue weighted by Gasteiger charge is -2.22. The number of thiophene rings is 1. The number of aliphatic hydroxyl groups is 1. The quantitative estimate of drug-likeness (QED) is 0.513. The average Bonchev–Trinajstić information content (AvgIpc) is 3.22. The van der Waals surface area contributed by atoms with E-state index in [0.717, 1.165) is 35.5 Å². The molecule has 1 amide bonds. The molecular weight excluding hydrogens is 400 g/mol. The highest BCUT2D eigenvalue weighted by atomic mass is 32.1. The summed E-state index contributed by atoms with van der Waals surface area (Å²) in [5.41, 5.74) is 0. The number of aryl methyl sites for hydroxylation is 1. The molecule has 0 spiro atoms. The van der Waals surface area contributed by atoms with Crippen LogP contribution >= 0.6 is 11.3 Å². The minimum Gasteiger partial charge on any atom is -0.477 e. The second-order valence-corrected chi connectivity index (χ2v) is 8.81. The normalized spacial score (nSPS) is 21.1. The lowest BCUT2D eigenvalue weighted by atomic mass is 9.97. The summed E-state index contributed by atoms with van der Waals surface area (Å²) >= 11 is 1.15. The van der Waals surface area contributed by atoms with Gasteiger partial charge in [0, 0.05) is 17.8 Å². The lowest BCUT2D eigenvalue weighted by Crippen LogP contribution is -2.36. The summed E-state index contributed by atoms with van der Waals surface area (Å²) in [6.07, 6.45) is 5.59. The van der Waals surface area contributed by atoms with Crippen molar-refractivity contribution in [3.8, 4) is 0 Å². The number of carbonyl (C=O) groups is 2. The highest BCUT2D eigenvalue weighted by Gasteiger charge is 2.52. The van der Waals surface area contributed by atoms with Crippen molar-refractivity contribution < 1.29 is 28.6 Å². The van der Waals surface area contributed by atoms with Crippen molar-refractivity contribution in [2.24, 2.45) is 5.92 Å². The van der Waals surface area contributed by atoms with Gasteiger partial charge in [0.2, 0.25) is 0 Å². The van der Waals surface area contributed by atoms with E-state index < -0.39 is 36.4 Å². The van der Waals surface area contributed by atoms with E-state index in [1.54, 1.807) is 6.07 Å². The van der Waals surface area contributed by atoms with Gasteiger partial charge in [-0.2, -0.15) is 8.78 Å². The molecule has 1 saturated heterocycles. The highest BCUT2D eigenvalue weighted by Crippen LogP contribution is 2.34. The van der Waals surface area contributed by atoms with Crippen LogP contribution < -0.4 is 0 Å². The number of carboxylic acid groups (broad SMARTS) is 1. The first-order valence-electron chi connectivity index (χ1n) is 10.0. The van der Waals surface area contributed by atoms with Crippen LogP contribution in [0.3, 0.4) is 0 Å². The third kappa shape index (κ3) is 6.34. The summed E-state index contributed by atoms with van der Waals surface area (Å²) in [7, 11) is 0. The smallest absolute Gasteiger partial charge is 0.345 e. The van der Waals surface area contributed by atoms with Crippen molar-refractivity contribution in [3.05, 3.63) is 34.0 Å². The third-order valence-electron chi connectivity index (χ3n) is 5.26. The van der Waals surface area contributed by atoms with Crippen LogP contribution in [-0.2, 0) is 11.2 Å². The molecule has 0 saturated carbocycles. The molecular formula is C21H29F2NO4S. The molecule has 29 heavy (non-hydrogen) atoms. The van der Waals surface area contributed by atoms with Crippen molar-refractivity contribution in [1.29, 1.82) is 0 Å². The number of carbonyl (C=O) groups excluding carboxylic acids is 1. The van der Waals surface area contributed by atoms with E-state index in [2.05, 4.69) is 6.92 Å². The molecule has 1 aliphatic heterocycles. The molecule has 0 bridgehead atoms. The van der Waals surface area contributed by atoms with Crippen LogP contribution in [-0.4, -0.2) is 51.6 Å². The van der Waals surface area contributed by atoms with Crippen molar-refractivity contribution in [3.63, 3.8) is 0 Å². The number of unbranched alkanes of at least 4 members (excludes halogenated alkanes) is 1. The fourth-order valence-electron chi connectivity index (χ4n) is 3.44. The second kappa shape index (κ2) is 10.3. The number of aliphatic hydroxyl groups excluding tert-OH is 1. The number of carboxylic acids is 1. The summed E-state index contributed by atoms with van der Waals surface area (Å²) < 4.78 is 28.0. The SMILES string of the molecule is CCCC[C@H](C)[C@@H](O)C=C[C@H]1CC(F)(F)C(=O)N1CCCc1ccc(C(=O)O)s1. The van der Waals surface area contributed by atoms with E-state index in [1.807, 2.05) is 6.92 Å². The topological polar surface area (TPSA) is 77.8 Å². The Kier molecular flexibility index (Phi) is 8.34. The summed E-state index contributed by atoms with van der Waals surface area (Å²) in [5.74, 6) is -5.54. The first-order valence-corrected chi connectivity index (χ1v) is 10.8. The van der Waals surface area contributed by atoms with Gasteiger partial charge in [0.15, 0.2) is 0 Å². The summed E-state index contributed by atoms with van der Waals surface area (Å²) in [4.78, 5) is 25.3. The maximum atomic E-state index is 14.0. The van der Waals surface area contributed by atoms with Gasteiger partial charge in [0.25, 0.3) is 5.91 Å². The third-order valence-corrected chi connectivity index (χ3v) is 6.39. The van der Waals surface area contributed by atoms with Crippen molar-refractivity contribution >= 4 is 23.2 Å². The molecule has 5 nitrogen and oxygen atoms in total. The Morgan fingerprint density at radius 2 is 2.14 bits per heavy atom. The molecule has 1 aromatic heterocycles. The van der Waals surface area contributed by atoms with Crippen LogP contribution in [0.2, 0.25) is 0 Å². The van der Waals surface area contributed by atoms with E-state index >= 15 is 0 Å². The lowest BCUT2D eigenvalue weighted by molar-refractivity contribution is -0.148. The van der Waals surface area contributed by atoms with Crippen LogP contribution in [0.1, 0.15) is 60.5 Å². The van der Waals surface area contributed by atoms with E-state index in [4.69, 9.17) is 5.11 Å². The number of hydrogen-bond donors (Lipinski definition) is 2. The van der Waals surface area contributed by atoms with Crippen LogP contribution in [0.5, 0.6) is 0 Å². The fourth-order valence-corrected chi connectivity index (χ4v) is 4.33. The van der Waals surface area contributed by atoms with E-state index in [9.17, 15) is 23.5 Å². The van der Waals surface area contributed by atoms with E-state index in [0.29, 0.717) is 12.8 Å². The maximum Gasteiger partial charge on any atom is 0.345 e. The molecule has 1 aromatic rings. The summed E-state index contributed by atoms with van der Waals surface area (Å²) in [5, 5.41) is 19.2. The number of likely N-dealkylation sites (tertiary alicyclic amines) is 1. The first kappa shape index (κ1) is 23.5. The number of amides is 1. The van der Waals surface area contributed by atoms with Gasteiger partial charge < -0.3 is 15.1 Å². The molecule has 0 radical (unpaired) electrons. The molecule has 2 heterocycles. The van der Waals surface area contributed by atoms with Crippen LogP contribution in [0, 0.1) is 5.92 Å². The van der Waals surface area contributed by atoms with Crippen LogP contribution in [0.15, 0.2) is 24.3 Å². The Morgan fingerprint density at radius 1 is 1.41 bits per heavy atom. The molecule has 8 heteroatoms. The fraction of sp³-hybridized carbons (Fsp3) is 0.619. The molecule has 0 aromatic carbocycles. The molecule has 0 aliphatic carbocycles. The molecule has 1 fully saturated rings. The predicted molar refractivity (Wildman–Crippen MR) is 109 cm³/mol. The largest absolute Gasteiger partial charge is 0.477 e. The predicted octanol–water partition coefficient (Wildman–Crippen LogP) is 4.36. The molecule has 0 unspecified atom stereocenters. The van der Waals surface area contributed by atoms with Gasteiger partial charge in [-0.05, 0) is 37.3 Å². The number of hydrogen-bond acceptors (Lipinski definition) is 4. The zero-order chi connectivity index (χ0) is 21.6. The van der Waals surface area contributed by atoms with Gasteiger partial charge in [-0.15, -0.1) is 11.3 Å². The minimum atomic E-state index is -3.40. The molecule has 2 N–H and O–H groups in total. The van der Waals surface area contributed by atoms with Crippen LogP contribution in [0.4, 0.5) is 8.78 Å². The van der Waals surface area contributed by atoms with Crippen molar-refractivity contribution in [2.45, 2.75) is 70.4 Å². The molecule has 3 atom stereocenters. The Morgan fingerprint density at radius 3 is 2.76 bits per heavy atom. The average molecular weight is 430 g/mol. The second-order valence-electron chi connectivity index (χ2n) is 7.64. The summed E-state index contributed by atoms with van der Waals surface area (Å²) in [6.45, 7) is 4.15. The summed E-state index contributed by atoms with van der Waals surface area (Å²) in [6, 6.07) is 2.48. The van der Waals surface area contributed by atoms with E-state index in [1.165, 1.54) is 23.1 Å². The maximum absolute atomic E-state index is 14.0. The number of alkyl halides is 2. The number of halogens is 2. The molecule has 162 valence electrons. The van der Waals surface area contributed by atoms with Gasteiger partial charge in [-0.3, -0.25) is 4.79 Å². The van der Waals surface area contributed by atoms with Crippen LogP contribution in [0.25, 0.3) is 0 Å². The highest BCUT2D eigenvalue weighted by molar-refractivity contribution is 7.13. The Labute approximate surface area is 174 Å². The van der Waals surface area contributed by atoms with Crippen molar-refractivity contribution in [2.75, 3.05) is 6.54 Å². The number of nitrogens with zero attached hydrogens (tertiary/aromatic N) is 1. The Hall–Kier alpha value is -1.80. The molecule has 1 aliphatic rings.